The predicted octanol–water partition coefficient (Wildman–Crippen LogP) is 2.95. The van der Waals surface area contributed by atoms with Crippen molar-refractivity contribution in [3.63, 3.8) is 0 Å². The smallest absolute Gasteiger partial charge is 0.0216 e. The first-order chi connectivity index (χ1) is 6.77. The summed E-state index contributed by atoms with van der Waals surface area (Å²) in [5.41, 5.74) is 2.18. The van der Waals surface area contributed by atoms with Crippen molar-refractivity contribution < 1.29 is 0 Å². The van der Waals surface area contributed by atoms with Crippen LogP contribution >= 0.6 is 0 Å². The summed E-state index contributed by atoms with van der Waals surface area (Å²) in [6.07, 6.45) is 0. The van der Waals surface area contributed by atoms with Gasteiger partial charge in [0.15, 0.2) is 0 Å². The van der Waals surface area contributed by atoms with Crippen LogP contribution in [-0.4, -0.2) is 25.2 Å². The number of hydrogen-bond donors (Lipinski definition) is 0. The van der Waals surface area contributed by atoms with Gasteiger partial charge in [-0.25, -0.2) is 0 Å². The molecule has 0 aromatic carbocycles. The molecule has 0 spiro atoms. The van der Waals surface area contributed by atoms with Gasteiger partial charge in [-0.2, -0.15) is 0 Å². The van der Waals surface area contributed by atoms with Crippen LogP contribution in [-0.2, 0) is 0 Å². The van der Waals surface area contributed by atoms with Gasteiger partial charge in [-0.1, -0.05) is 65.7 Å². The molecule has 0 bridgehead atoms. The van der Waals surface area contributed by atoms with Gasteiger partial charge in [-0.15, -0.1) is 0 Å². The van der Waals surface area contributed by atoms with Gasteiger partial charge in [0.25, 0.3) is 0 Å². The van der Waals surface area contributed by atoms with E-state index in [2.05, 4.69) is 54.6 Å². The monoisotopic (exact) mass is 260 g/mol. The summed E-state index contributed by atoms with van der Waals surface area (Å²) >= 11 is 0. The Bertz CT molecular complexity index is 150. The molecule has 0 aromatic rings. The summed E-state index contributed by atoms with van der Waals surface area (Å²) in [6, 6.07) is 0. The van der Waals surface area contributed by atoms with Crippen molar-refractivity contribution in [1.29, 1.82) is 0 Å². The molecule has 0 heterocycles. The van der Waals surface area contributed by atoms with Crippen molar-refractivity contribution in [3.8, 4) is 0 Å². The lowest BCUT2D eigenvalue weighted by molar-refractivity contribution is 0.615. The molecule has 0 aliphatic heterocycles. The standard InChI is InChI=1S/C12H32Si3/c1-9(2)11(5)14(7)13-15(8)12(6)10(3)4/h9-12,14-15H,13H2,1-8H3. The molecule has 4 atom stereocenters. The van der Waals surface area contributed by atoms with Crippen LogP contribution in [0, 0.1) is 11.8 Å². The minimum Gasteiger partial charge on any atom is -0.0743 e. The Labute approximate surface area is 103 Å². The van der Waals surface area contributed by atoms with E-state index in [9.17, 15) is 0 Å². The highest BCUT2D eigenvalue weighted by Crippen LogP contribution is 2.24. The molecular formula is C12H32Si3. The fourth-order valence-corrected chi connectivity index (χ4v) is 34.6. The molecule has 0 aliphatic rings. The van der Waals surface area contributed by atoms with E-state index in [0.717, 1.165) is 22.9 Å². The lowest BCUT2D eigenvalue weighted by Gasteiger charge is -2.28. The fraction of sp³-hybridized carbons (Fsp3) is 1.00. The van der Waals surface area contributed by atoms with Crippen LogP contribution in [0.2, 0.25) is 24.2 Å². The maximum Gasteiger partial charge on any atom is 0.0216 e. The van der Waals surface area contributed by atoms with Gasteiger partial charge in [-0.05, 0) is 11.8 Å². The van der Waals surface area contributed by atoms with Crippen LogP contribution in [0.1, 0.15) is 41.5 Å². The first kappa shape index (κ1) is 15.7. The summed E-state index contributed by atoms with van der Waals surface area (Å²) in [4.78, 5) is 0. The molecule has 0 aromatic heterocycles. The number of rotatable bonds is 6. The quantitative estimate of drug-likeness (QED) is 0.644. The minimum atomic E-state index is -0.309. The molecule has 0 fully saturated rings. The van der Waals surface area contributed by atoms with Crippen molar-refractivity contribution in [2.75, 3.05) is 0 Å². The van der Waals surface area contributed by atoms with E-state index in [4.69, 9.17) is 0 Å². The van der Waals surface area contributed by atoms with E-state index in [-0.39, 0.29) is 16.6 Å². The second kappa shape index (κ2) is 7.07. The van der Waals surface area contributed by atoms with Gasteiger partial charge in [0.05, 0.1) is 0 Å². The zero-order chi connectivity index (χ0) is 12.2. The summed E-state index contributed by atoms with van der Waals surface area (Å²) < 4.78 is 0. The van der Waals surface area contributed by atoms with Gasteiger partial charge in [0, 0.05) is 25.2 Å². The zero-order valence-electron chi connectivity index (χ0n) is 12.2. The third kappa shape index (κ3) is 5.50. The average Bonchev–Trinajstić information content (AvgIpc) is 2.14. The lowest BCUT2D eigenvalue weighted by atomic mass is 10.1. The molecule has 3 heteroatoms. The largest absolute Gasteiger partial charge is 0.0743 e. The Morgan fingerprint density at radius 2 is 0.933 bits per heavy atom. The van der Waals surface area contributed by atoms with Crippen molar-refractivity contribution in [2.24, 2.45) is 11.8 Å². The van der Waals surface area contributed by atoms with Crippen LogP contribution in [0.5, 0.6) is 0 Å². The minimum absolute atomic E-state index is 0.309. The molecule has 0 rings (SSSR count). The van der Waals surface area contributed by atoms with Crippen LogP contribution in [0.15, 0.2) is 0 Å². The Hall–Kier alpha value is 0.651. The Balaban J connectivity index is 4.11. The molecule has 0 saturated carbocycles. The molecule has 4 unspecified atom stereocenters. The molecule has 0 aliphatic carbocycles. The molecule has 0 radical (unpaired) electrons. The van der Waals surface area contributed by atoms with Gasteiger partial charge in [0.1, 0.15) is 0 Å². The Morgan fingerprint density at radius 3 is 1.13 bits per heavy atom. The highest BCUT2D eigenvalue weighted by atomic mass is 29.6. The average molecular weight is 261 g/mol. The van der Waals surface area contributed by atoms with Crippen LogP contribution in [0.4, 0.5) is 0 Å². The van der Waals surface area contributed by atoms with Crippen molar-refractivity contribution in [2.45, 2.75) is 65.7 Å². The van der Waals surface area contributed by atoms with Crippen molar-refractivity contribution in [3.05, 3.63) is 0 Å². The van der Waals surface area contributed by atoms with Crippen LogP contribution in [0.3, 0.4) is 0 Å². The highest BCUT2D eigenvalue weighted by molar-refractivity contribution is 7.41. The summed E-state index contributed by atoms with van der Waals surface area (Å²) in [7, 11) is -0.260. The van der Waals surface area contributed by atoms with Gasteiger partial charge in [-0.3, -0.25) is 0 Å². The van der Waals surface area contributed by atoms with E-state index in [1.54, 1.807) is 0 Å². The third-order valence-corrected chi connectivity index (χ3v) is 33.6. The molecule has 0 nitrogen and oxygen atoms in total. The van der Waals surface area contributed by atoms with Gasteiger partial charge < -0.3 is 0 Å². The normalized spacial score (nSPS) is 21.2. The molecular weight excluding hydrogens is 228 g/mol. The van der Waals surface area contributed by atoms with E-state index < -0.39 is 0 Å². The third-order valence-electron chi connectivity index (χ3n) is 4.64. The molecule has 0 amide bonds. The predicted molar refractivity (Wildman–Crippen MR) is 83.1 cm³/mol. The van der Waals surface area contributed by atoms with Gasteiger partial charge in [0.2, 0.25) is 0 Å². The lowest BCUT2D eigenvalue weighted by Crippen LogP contribution is -2.39. The Kier molecular flexibility index (Phi) is 7.38. The summed E-state index contributed by atoms with van der Waals surface area (Å²) in [5, 5.41) is 0. The highest BCUT2D eigenvalue weighted by Gasteiger charge is 2.24. The van der Waals surface area contributed by atoms with Crippen molar-refractivity contribution in [1.82, 2.24) is 0 Å². The molecule has 15 heavy (non-hydrogen) atoms. The number of hydrogen-bond acceptors (Lipinski definition) is 0. The summed E-state index contributed by atoms with van der Waals surface area (Å²) in [5.74, 6) is 1.88. The zero-order valence-corrected chi connectivity index (χ0v) is 15.9. The van der Waals surface area contributed by atoms with E-state index in [0.29, 0.717) is 8.55 Å². The summed E-state index contributed by atoms with van der Waals surface area (Å²) in [6.45, 7) is 20.0. The first-order valence-electron chi connectivity index (χ1n) is 6.77. The van der Waals surface area contributed by atoms with E-state index in [1.807, 2.05) is 0 Å². The maximum atomic E-state index is 2.66. The first-order valence-corrected chi connectivity index (χ1v) is 16.9. The SMILES string of the molecule is CC(C)C(C)[SiH](C)[SiH2][SiH](C)C(C)C(C)C. The molecule has 92 valence electrons. The molecule has 0 saturated heterocycles. The van der Waals surface area contributed by atoms with Crippen LogP contribution in [0.25, 0.3) is 0 Å². The second-order valence-corrected chi connectivity index (χ2v) is 26.3. The van der Waals surface area contributed by atoms with E-state index >= 15 is 0 Å². The van der Waals surface area contributed by atoms with Crippen LogP contribution < -0.4 is 0 Å². The van der Waals surface area contributed by atoms with E-state index in [1.165, 1.54) is 0 Å². The van der Waals surface area contributed by atoms with Gasteiger partial charge >= 0.3 is 0 Å². The fourth-order valence-electron chi connectivity index (χ4n) is 2.33. The maximum absolute atomic E-state index is 2.66. The van der Waals surface area contributed by atoms with Crippen molar-refractivity contribution >= 4 is 25.2 Å². The Morgan fingerprint density at radius 1 is 0.667 bits per heavy atom. The topological polar surface area (TPSA) is 0 Å². The molecule has 0 N–H and O–H groups in total. The second-order valence-electron chi connectivity index (χ2n) is 6.40.